The average Bonchev–Trinajstić information content (AvgIpc) is 2.67. The van der Waals surface area contributed by atoms with E-state index >= 15 is 0 Å². The third-order valence-electron chi connectivity index (χ3n) is 4.78. The van der Waals surface area contributed by atoms with Gasteiger partial charge in [-0.2, -0.15) is 4.98 Å². The molecule has 0 aliphatic heterocycles. The number of benzene rings is 1. The molecule has 9 heteroatoms. The van der Waals surface area contributed by atoms with Crippen LogP contribution in [0.1, 0.15) is 54.2 Å². The van der Waals surface area contributed by atoms with E-state index in [0.717, 1.165) is 36.7 Å². The molecule has 3 N–H and O–H groups in total. The number of rotatable bonds is 5. The molecule has 28 heavy (non-hydrogen) atoms. The molecule has 0 bridgehead atoms. The maximum atomic E-state index is 14.5. The summed E-state index contributed by atoms with van der Waals surface area (Å²) in [7, 11) is 0. The third kappa shape index (κ3) is 3.88. The largest absolute Gasteiger partial charge is 0.493 e. The first-order chi connectivity index (χ1) is 13.4. The van der Waals surface area contributed by atoms with Crippen LogP contribution in [0.4, 0.5) is 4.39 Å². The van der Waals surface area contributed by atoms with Crippen LogP contribution in [0.25, 0.3) is 5.69 Å². The molecule has 3 rings (SSSR count). The van der Waals surface area contributed by atoms with Gasteiger partial charge in [0.1, 0.15) is 18.2 Å². The second-order valence-electron chi connectivity index (χ2n) is 6.67. The van der Waals surface area contributed by atoms with E-state index in [0.29, 0.717) is 0 Å². The Balaban J connectivity index is 2.19. The van der Waals surface area contributed by atoms with Crippen molar-refractivity contribution < 1.29 is 24.2 Å². The molecule has 0 atom stereocenters. The number of nitrogens with one attached hydrogen (secondary N) is 1. The van der Waals surface area contributed by atoms with Crippen LogP contribution < -0.4 is 10.9 Å². The number of aliphatic carboxylic acids is 1. The summed E-state index contributed by atoms with van der Waals surface area (Å²) < 4.78 is 15.5. The highest BCUT2D eigenvalue weighted by molar-refractivity contribution is 5.97. The molecule has 1 aliphatic carbocycles. The predicted molar refractivity (Wildman–Crippen MR) is 97.3 cm³/mol. The van der Waals surface area contributed by atoms with Gasteiger partial charge in [0.2, 0.25) is 5.88 Å². The summed E-state index contributed by atoms with van der Waals surface area (Å²) >= 11 is 0. The van der Waals surface area contributed by atoms with Crippen molar-refractivity contribution in [2.45, 2.75) is 38.0 Å². The molecule has 1 aliphatic rings. The number of carboxylic acid groups (broad SMARTS) is 1. The summed E-state index contributed by atoms with van der Waals surface area (Å²) in [5.74, 6) is -3.83. The Morgan fingerprint density at radius 2 is 1.89 bits per heavy atom. The summed E-state index contributed by atoms with van der Waals surface area (Å²) in [5, 5.41) is 21.0. The first-order valence-corrected chi connectivity index (χ1v) is 9.01. The van der Waals surface area contributed by atoms with Crippen molar-refractivity contribution >= 4 is 11.9 Å². The van der Waals surface area contributed by atoms with Crippen LogP contribution in [0.2, 0.25) is 0 Å². The van der Waals surface area contributed by atoms with Crippen molar-refractivity contribution in [1.82, 2.24) is 14.9 Å². The van der Waals surface area contributed by atoms with Gasteiger partial charge >= 0.3 is 5.97 Å². The normalized spacial score (nSPS) is 14.6. The zero-order valence-electron chi connectivity index (χ0n) is 15.0. The molecule has 148 valence electrons. The number of hydrogen-bond donors (Lipinski definition) is 3. The SMILES string of the molecule is O=C(O)CNC(=O)c1c(O)nc(C2CCCCC2)n(-c2ccccc2F)c1=O. The second kappa shape index (κ2) is 8.20. The summed E-state index contributed by atoms with van der Waals surface area (Å²) in [6.07, 6.45) is 4.33. The number of carboxylic acids is 1. The fourth-order valence-electron chi connectivity index (χ4n) is 3.47. The van der Waals surface area contributed by atoms with E-state index in [1.54, 1.807) is 6.07 Å². The lowest BCUT2D eigenvalue weighted by Gasteiger charge is -2.25. The minimum atomic E-state index is -1.31. The summed E-state index contributed by atoms with van der Waals surface area (Å²) in [5.41, 5.74) is -1.74. The Hall–Kier alpha value is -3.23. The van der Waals surface area contributed by atoms with Gasteiger partial charge in [-0.1, -0.05) is 31.4 Å². The van der Waals surface area contributed by atoms with E-state index in [-0.39, 0.29) is 17.4 Å². The maximum absolute atomic E-state index is 14.5. The van der Waals surface area contributed by atoms with Crippen LogP contribution >= 0.6 is 0 Å². The molecule has 0 spiro atoms. The van der Waals surface area contributed by atoms with Gasteiger partial charge in [-0.3, -0.25) is 19.0 Å². The molecule has 1 saturated carbocycles. The van der Waals surface area contributed by atoms with Crippen LogP contribution in [0.3, 0.4) is 0 Å². The van der Waals surface area contributed by atoms with E-state index in [1.165, 1.54) is 18.2 Å². The van der Waals surface area contributed by atoms with Crippen molar-refractivity contribution in [2.75, 3.05) is 6.54 Å². The molecule has 1 aromatic heterocycles. The number of aromatic nitrogens is 2. The van der Waals surface area contributed by atoms with Crippen molar-refractivity contribution in [3.8, 4) is 11.6 Å². The quantitative estimate of drug-likeness (QED) is 0.718. The van der Waals surface area contributed by atoms with Gasteiger partial charge in [-0.05, 0) is 25.0 Å². The topological polar surface area (TPSA) is 122 Å². The van der Waals surface area contributed by atoms with Crippen molar-refractivity contribution in [1.29, 1.82) is 0 Å². The van der Waals surface area contributed by atoms with Gasteiger partial charge in [0, 0.05) is 5.92 Å². The van der Waals surface area contributed by atoms with Gasteiger partial charge in [-0.25, -0.2) is 4.39 Å². The molecule has 0 saturated heterocycles. The van der Waals surface area contributed by atoms with Gasteiger partial charge < -0.3 is 15.5 Å². The number of hydrogen-bond acceptors (Lipinski definition) is 5. The van der Waals surface area contributed by atoms with Crippen LogP contribution in [-0.2, 0) is 4.79 Å². The van der Waals surface area contributed by atoms with Crippen LogP contribution in [-0.4, -0.2) is 38.2 Å². The number of halogens is 1. The smallest absolute Gasteiger partial charge is 0.322 e. The highest BCUT2D eigenvalue weighted by Crippen LogP contribution is 2.33. The molecule has 1 heterocycles. The molecule has 0 radical (unpaired) electrons. The van der Waals surface area contributed by atoms with Gasteiger partial charge in [0.25, 0.3) is 11.5 Å². The molecule has 2 aromatic rings. The van der Waals surface area contributed by atoms with Gasteiger partial charge in [-0.15, -0.1) is 0 Å². The highest BCUT2D eigenvalue weighted by atomic mass is 19.1. The minimum absolute atomic E-state index is 0.0761. The predicted octanol–water partition coefficient (Wildman–Crippen LogP) is 1.94. The maximum Gasteiger partial charge on any atom is 0.322 e. The lowest BCUT2D eigenvalue weighted by molar-refractivity contribution is -0.135. The monoisotopic (exact) mass is 389 g/mol. The lowest BCUT2D eigenvalue weighted by Crippen LogP contribution is -2.37. The van der Waals surface area contributed by atoms with Gasteiger partial charge in [0.15, 0.2) is 5.56 Å². The minimum Gasteiger partial charge on any atom is -0.493 e. The molecule has 1 fully saturated rings. The molecular formula is C19H20FN3O5. The Labute approximate surface area is 159 Å². The van der Waals surface area contributed by atoms with Gasteiger partial charge in [0.05, 0.1) is 5.69 Å². The van der Waals surface area contributed by atoms with Crippen LogP contribution in [0.15, 0.2) is 29.1 Å². The Morgan fingerprint density at radius 3 is 2.54 bits per heavy atom. The first kappa shape index (κ1) is 19.5. The fraction of sp³-hybridized carbons (Fsp3) is 0.368. The number of carbonyl (C=O) groups is 2. The van der Waals surface area contributed by atoms with E-state index in [2.05, 4.69) is 4.98 Å². The third-order valence-corrected chi connectivity index (χ3v) is 4.78. The summed E-state index contributed by atoms with van der Waals surface area (Å²) in [4.78, 5) is 40.1. The summed E-state index contributed by atoms with van der Waals surface area (Å²) in [6.45, 7) is -0.734. The zero-order valence-corrected chi connectivity index (χ0v) is 15.0. The van der Waals surface area contributed by atoms with E-state index in [4.69, 9.17) is 5.11 Å². The van der Waals surface area contributed by atoms with Crippen molar-refractivity contribution in [3.05, 3.63) is 51.8 Å². The van der Waals surface area contributed by atoms with E-state index in [1.807, 2.05) is 5.32 Å². The Morgan fingerprint density at radius 1 is 1.21 bits per heavy atom. The molecule has 1 aromatic carbocycles. The number of carbonyl (C=O) groups excluding carboxylic acids is 1. The van der Waals surface area contributed by atoms with Crippen molar-refractivity contribution in [2.24, 2.45) is 0 Å². The Bertz CT molecular complexity index is 967. The van der Waals surface area contributed by atoms with Crippen LogP contribution in [0, 0.1) is 5.82 Å². The molecule has 0 unspecified atom stereocenters. The molecular weight excluding hydrogens is 369 g/mol. The highest BCUT2D eigenvalue weighted by Gasteiger charge is 2.28. The molecule has 8 nitrogen and oxygen atoms in total. The standard InChI is InChI=1S/C19H20FN3O5/c20-12-8-4-5-9-13(12)23-16(11-6-2-1-3-7-11)22-18(27)15(19(23)28)17(26)21-10-14(24)25/h4-5,8-9,11,27H,1-3,6-7,10H2,(H,21,26)(H,24,25). The van der Waals surface area contributed by atoms with Crippen LogP contribution in [0.5, 0.6) is 5.88 Å². The van der Waals surface area contributed by atoms with E-state index < -0.39 is 41.2 Å². The number of aromatic hydroxyl groups is 1. The number of nitrogens with zero attached hydrogens (tertiary/aromatic N) is 2. The zero-order chi connectivity index (χ0) is 20.3. The molecule has 1 amide bonds. The lowest BCUT2D eigenvalue weighted by atomic mass is 9.88. The summed E-state index contributed by atoms with van der Waals surface area (Å²) in [6, 6.07) is 5.59. The van der Waals surface area contributed by atoms with E-state index in [9.17, 15) is 23.9 Å². The Kier molecular flexibility index (Phi) is 5.72. The fourth-order valence-corrected chi connectivity index (χ4v) is 3.47. The number of para-hydroxylation sites is 1. The average molecular weight is 389 g/mol. The number of amides is 1. The first-order valence-electron chi connectivity index (χ1n) is 9.01. The second-order valence-corrected chi connectivity index (χ2v) is 6.67. The van der Waals surface area contributed by atoms with Crippen molar-refractivity contribution in [3.63, 3.8) is 0 Å².